The maximum Gasteiger partial charge on any atom is 0.229 e. The van der Waals surface area contributed by atoms with E-state index in [1.807, 2.05) is 50.2 Å². The van der Waals surface area contributed by atoms with Crippen LogP contribution in [0.15, 0.2) is 40.9 Å². The highest BCUT2D eigenvalue weighted by Gasteiger charge is 2.36. The van der Waals surface area contributed by atoms with Gasteiger partial charge in [0.05, 0.1) is 18.7 Å². The van der Waals surface area contributed by atoms with E-state index < -0.39 is 5.92 Å². The number of para-hydroxylation sites is 2. The van der Waals surface area contributed by atoms with Gasteiger partial charge in [-0.25, -0.2) is 0 Å². The number of anilines is 2. The molecule has 2 amide bonds. The number of aryl methyl sites for hydroxylation is 2. The molecule has 2 aromatic carbocycles. The molecule has 1 fully saturated rings. The normalized spacial score (nSPS) is 16.7. The molecule has 1 atom stereocenters. The highest BCUT2D eigenvalue weighted by molar-refractivity contribution is 9.10. The van der Waals surface area contributed by atoms with E-state index in [0.29, 0.717) is 18.0 Å². The zero-order valence-electron chi connectivity index (χ0n) is 15.0. The van der Waals surface area contributed by atoms with Crippen molar-refractivity contribution < 1.29 is 14.3 Å². The van der Waals surface area contributed by atoms with Crippen LogP contribution in [0.1, 0.15) is 17.5 Å². The fourth-order valence-electron chi connectivity index (χ4n) is 3.12. The Hall–Kier alpha value is -2.34. The second-order valence-corrected chi connectivity index (χ2v) is 7.34. The number of amides is 2. The van der Waals surface area contributed by atoms with Gasteiger partial charge in [0.2, 0.25) is 11.8 Å². The zero-order valence-corrected chi connectivity index (χ0v) is 16.6. The van der Waals surface area contributed by atoms with Crippen LogP contribution in [0.5, 0.6) is 5.75 Å². The third-order valence-corrected chi connectivity index (χ3v) is 5.49. The summed E-state index contributed by atoms with van der Waals surface area (Å²) in [4.78, 5) is 26.8. The molecule has 0 aliphatic carbocycles. The number of hydrogen-bond donors (Lipinski definition) is 1. The highest BCUT2D eigenvalue weighted by Crippen LogP contribution is 2.33. The van der Waals surface area contributed by atoms with E-state index in [1.54, 1.807) is 12.0 Å². The summed E-state index contributed by atoms with van der Waals surface area (Å²) in [5.74, 6) is 0.0241. The molecule has 0 aromatic heterocycles. The molecule has 1 heterocycles. The minimum absolute atomic E-state index is 0.0710. The van der Waals surface area contributed by atoms with Crippen molar-refractivity contribution >= 4 is 39.1 Å². The van der Waals surface area contributed by atoms with Crippen molar-refractivity contribution in [2.75, 3.05) is 23.9 Å². The lowest BCUT2D eigenvalue weighted by atomic mass is 10.1. The van der Waals surface area contributed by atoms with E-state index >= 15 is 0 Å². The lowest BCUT2D eigenvalue weighted by Crippen LogP contribution is -2.28. The molecule has 0 saturated carbocycles. The summed E-state index contributed by atoms with van der Waals surface area (Å²) in [6.07, 6.45) is 0.193. The van der Waals surface area contributed by atoms with Gasteiger partial charge >= 0.3 is 0 Å². The maximum absolute atomic E-state index is 12.7. The molecule has 2 aromatic rings. The molecule has 5 nitrogen and oxygen atoms in total. The minimum Gasteiger partial charge on any atom is -0.495 e. The molecular weight excluding hydrogens is 396 g/mol. The first-order chi connectivity index (χ1) is 12.4. The van der Waals surface area contributed by atoms with Gasteiger partial charge in [-0.2, -0.15) is 0 Å². The van der Waals surface area contributed by atoms with E-state index in [0.717, 1.165) is 21.3 Å². The molecule has 0 unspecified atom stereocenters. The quantitative estimate of drug-likeness (QED) is 0.816. The van der Waals surface area contributed by atoms with Gasteiger partial charge in [0, 0.05) is 23.1 Å². The topological polar surface area (TPSA) is 58.6 Å². The summed E-state index contributed by atoms with van der Waals surface area (Å²) in [6, 6.07) is 11.3. The summed E-state index contributed by atoms with van der Waals surface area (Å²) in [5, 5.41) is 2.97. The van der Waals surface area contributed by atoms with Crippen LogP contribution in [-0.2, 0) is 9.59 Å². The fourth-order valence-corrected chi connectivity index (χ4v) is 3.58. The van der Waals surface area contributed by atoms with Crippen molar-refractivity contribution in [2.45, 2.75) is 20.3 Å². The molecule has 0 radical (unpaired) electrons. The Morgan fingerprint density at radius 2 is 1.96 bits per heavy atom. The van der Waals surface area contributed by atoms with Gasteiger partial charge in [0.1, 0.15) is 5.75 Å². The van der Waals surface area contributed by atoms with Crippen LogP contribution < -0.4 is 15.0 Å². The van der Waals surface area contributed by atoms with E-state index in [9.17, 15) is 9.59 Å². The maximum atomic E-state index is 12.7. The lowest BCUT2D eigenvalue weighted by molar-refractivity contribution is -0.122. The Morgan fingerprint density at radius 3 is 2.69 bits per heavy atom. The van der Waals surface area contributed by atoms with Gasteiger partial charge in [0.25, 0.3) is 0 Å². The highest BCUT2D eigenvalue weighted by atomic mass is 79.9. The molecular formula is C20H21BrN2O3. The van der Waals surface area contributed by atoms with Crippen LogP contribution in [0.4, 0.5) is 11.4 Å². The number of carbonyl (C=O) groups is 2. The third kappa shape index (κ3) is 3.60. The lowest BCUT2D eigenvalue weighted by Gasteiger charge is -2.19. The predicted molar refractivity (Wildman–Crippen MR) is 106 cm³/mol. The second-order valence-electron chi connectivity index (χ2n) is 6.48. The van der Waals surface area contributed by atoms with Crippen LogP contribution in [0, 0.1) is 19.8 Å². The van der Waals surface area contributed by atoms with Gasteiger partial charge in [-0.1, -0.05) is 28.1 Å². The molecule has 26 heavy (non-hydrogen) atoms. The zero-order chi connectivity index (χ0) is 18.8. The van der Waals surface area contributed by atoms with Crippen molar-refractivity contribution in [3.8, 4) is 5.75 Å². The molecule has 0 spiro atoms. The van der Waals surface area contributed by atoms with Gasteiger partial charge < -0.3 is 15.0 Å². The number of methoxy groups -OCH3 is 1. The first-order valence-electron chi connectivity index (χ1n) is 8.41. The van der Waals surface area contributed by atoms with Crippen molar-refractivity contribution in [3.63, 3.8) is 0 Å². The van der Waals surface area contributed by atoms with Crippen LogP contribution in [0.25, 0.3) is 0 Å². The Bertz CT molecular complexity index is 866. The van der Waals surface area contributed by atoms with Gasteiger partial charge in [-0.3, -0.25) is 9.59 Å². The molecule has 3 rings (SSSR count). The summed E-state index contributed by atoms with van der Waals surface area (Å²) in [6.45, 7) is 4.27. The van der Waals surface area contributed by atoms with Crippen LogP contribution in [0.2, 0.25) is 0 Å². The van der Waals surface area contributed by atoms with Gasteiger partial charge in [0.15, 0.2) is 0 Å². The fraction of sp³-hybridized carbons (Fsp3) is 0.300. The first-order valence-corrected chi connectivity index (χ1v) is 9.21. The number of benzene rings is 2. The van der Waals surface area contributed by atoms with E-state index in [2.05, 4.69) is 21.2 Å². The number of ether oxygens (including phenoxy) is 1. The number of hydrogen-bond acceptors (Lipinski definition) is 3. The molecule has 6 heteroatoms. The molecule has 136 valence electrons. The molecule has 1 N–H and O–H groups in total. The van der Waals surface area contributed by atoms with Crippen molar-refractivity contribution in [1.82, 2.24) is 0 Å². The van der Waals surface area contributed by atoms with Crippen LogP contribution in [0.3, 0.4) is 0 Å². The molecule has 0 bridgehead atoms. The minimum atomic E-state index is -0.393. The first kappa shape index (κ1) is 18.5. The average Bonchev–Trinajstić information content (AvgIpc) is 3.01. The summed E-state index contributed by atoms with van der Waals surface area (Å²) >= 11 is 3.49. The largest absolute Gasteiger partial charge is 0.495 e. The SMILES string of the molecule is COc1ccccc1N1C[C@H](C(=O)Nc2cc(C)c(Br)cc2C)CC1=O. The number of nitrogens with zero attached hydrogens (tertiary/aromatic N) is 1. The van der Waals surface area contributed by atoms with Gasteiger partial charge in [-0.05, 0) is 49.2 Å². The molecule has 1 aliphatic heterocycles. The summed E-state index contributed by atoms with van der Waals surface area (Å²) < 4.78 is 6.34. The Balaban J connectivity index is 1.76. The van der Waals surface area contributed by atoms with Crippen molar-refractivity contribution in [3.05, 3.63) is 52.0 Å². The van der Waals surface area contributed by atoms with Crippen LogP contribution >= 0.6 is 15.9 Å². The van der Waals surface area contributed by atoms with Crippen molar-refractivity contribution in [1.29, 1.82) is 0 Å². The summed E-state index contributed by atoms with van der Waals surface area (Å²) in [7, 11) is 1.57. The molecule has 1 aliphatic rings. The van der Waals surface area contributed by atoms with E-state index in [4.69, 9.17) is 4.74 Å². The third-order valence-electron chi connectivity index (χ3n) is 4.64. The smallest absolute Gasteiger partial charge is 0.229 e. The number of carbonyl (C=O) groups excluding carboxylic acids is 2. The van der Waals surface area contributed by atoms with E-state index in [-0.39, 0.29) is 18.2 Å². The number of halogens is 1. The number of rotatable bonds is 4. The van der Waals surface area contributed by atoms with Gasteiger partial charge in [-0.15, -0.1) is 0 Å². The van der Waals surface area contributed by atoms with E-state index in [1.165, 1.54) is 0 Å². The Morgan fingerprint density at radius 1 is 1.23 bits per heavy atom. The Kier molecular flexibility index (Phi) is 5.32. The van der Waals surface area contributed by atoms with Crippen LogP contribution in [-0.4, -0.2) is 25.5 Å². The monoisotopic (exact) mass is 416 g/mol. The number of nitrogens with one attached hydrogen (secondary N) is 1. The average molecular weight is 417 g/mol. The second kappa shape index (κ2) is 7.50. The summed E-state index contributed by atoms with van der Waals surface area (Å²) in [5.41, 5.74) is 3.50. The standard InChI is InChI=1S/C20H21BrN2O3/c1-12-9-16(13(2)8-15(12)21)22-20(25)14-10-19(24)23(11-14)17-6-4-5-7-18(17)26-3/h4-9,14H,10-11H2,1-3H3,(H,22,25)/t14-/m1/s1. The predicted octanol–water partition coefficient (Wildman–Crippen LogP) is 4.07. The van der Waals surface area contributed by atoms with Crippen molar-refractivity contribution in [2.24, 2.45) is 5.92 Å². The Labute approximate surface area is 161 Å². The molecule has 1 saturated heterocycles.